The summed E-state index contributed by atoms with van der Waals surface area (Å²) in [5.74, 6) is -1.54. The predicted molar refractivity (Wildman–Crippen MR) is 98.8 cm³/mol. The van der Waals surface area contributed by atoms with E-state index >= 15 is 0 Å². The zero-order chi connectivity index (χ0) is 19.6. The predicted octanol–water partition coefficient (Wildman–Crippen LogP) is 3.49. The molecule has 140 valence electrons. The maximum atomic E-state index is 12.0. The normalized spacial score (nSPS) is 10.7. The average Bonchev–Trinajstić information content (AvgIpc) is 3.22. The number of carbonyl (C=O) groups excluding carboxylic acids is 2. The third kappa shape index (κ3) is 4.29. The number of hydrogen-bond donors (Lipinski definition) is 1. The maximum Gasteiger partial charge on any atom is 0.377 e. The Morgan fingerprint density at radius 2 is 2.04 bits per heavy atom. The summed E-state index contributed by atoms with van der Waals surface area (Å²) in [6, 6.07) is 6.54. The van der Waals surface area contributed by atoms with Crippen molar-refractivity contribution in [1.29, 1.82) is 0 Å². The highest BCUT2D eigenvalue weighted by molar-refractivity contribution is 6.34. The minimum atomic E-state index is -0.836. The molecule has 2 aromatic heterocycles. The molecule has 0 unspecified atom stereocenters. The van der Waals surface area contributed by atoms with Crippen molar-refractivity contribution in [2.75, 3.05) is 11.9 Å². The smallest absolute Gasteiger partial charge is 0.377 e. The van der Waals surface area contributed by atoms with Crippen LogP contribution >= 0.6 is 23.2 Å². The van der Waals surface area contributed by atoms with Crippen LogP contribution in [-0.4, -0.2) is 33.4 Å². The van der Waals surface area contributed by atoms with Gasteiger partial charge in [-0.05, 0) is 24.6 Å². The number of amides is 1. The molecule has 3 aromatic rings. The molecule has 0 aliphatic carbocycles. The molecule has 8 nitrogen and oxygen atoms in total. The lowest BCUT2D eigenvalue weighted by atomic mass is 10.2. The molecule has 1 amide bonds. The van der Waals surface area contributed by atoms with Gasteiger partial charge in [0.25, 0.3) is 5.91 Å². The minimum Gasteiger partial charge on any atom is -0.450 e. The summed E-state index contributed by atoms with van der Waals surface area (Å²) < 4.78 is 11.4. The van der Waals surface area contributed by atoms with Gasteiger partial charge in [0.1, 0.15) is 11.4 Å². The molecule has 27 heavy (non-hydrogen) atoms. The average molecular weight is 409 g/mol. The highest BCUT2D eigenvalue weighted by atomic mass is 35.5. The van der Waals surface area contributed by atoms with Crippen molar-refractivity contribution < 1.29 is 18.8 Å². The highest BCUT2D eigenvalue weighted by Gasteiger charge is 2.20. The van der Waals surface area contributed by atoms with Gasteiger partial charge in [-0.15, -0.1) is 0 Å². The van der Waals surface area contributed by atoms with E-state index in [-0.39, 0.29) is 5.76 Å². The Balaban J connectivity index is 1.60. The Hall–Kier alpha value is -2.84. The summed E-state index contributed by atoms with van der Waals surface area (Å²) in [6.45, 7) is 1.37. The summed E-state index contributed by atoms with van der Waals surface area (Å²) >= 11 is 12.1. The molecule has 10 heteroatoms. The van der Waals surface area contributed by atoms with Crippen LogP contribution in [0, 0.1) is 6.92 Å². The Labute approximate surface area is 164 Å². The third-order valence-corrected chi connectivity index (χ3v) is 4.17. The molecule has 0 radical (unpaired) electrons. The number of nitrogens with one attached hydrogen (secondary N) is 1. The molecular formula is C17H14Cl2N4O4. The van der Waals surface area contributed by atoms with Crippen molar-refractivity contribution in [3.63, 3.8) is 0 Å². The fourth-order valence-corrected chi connectivity index (χ4v) is 2.84. The molecule has 2 heterocycles. The van der Waals surface area contributed by atoms with Crippen LogP contribution in [-0.2, 0) is 16.6 Å². The Morgan fingerprint density at radius 3 is 2.70 bits per heavy atom. The molecule has 1 N–H and O–H groups in total. The van der Waals surface area contributed by atoms with E-state index in [0.717, 1.165) is 5.56 Å². The lowest BCUT2D eigenvalue weighted by Crippen LogP contribution is -2.21. The molecule has 0 fully saturated rings. The van der Waals surface area contributed by atoms with E-state index in [1.54, 1.807) is 25.2 Å². The van der Waals surface area contributed by atoms with Crippen molar-refractivity contribution >= 4 is 40.8 Å². The molecule has 0 aliphatic rings. The fourth-order valence-electron chi connectivity index (χ4n) is 2.29. The first-order valence-corrected chi connectivity index (χ1v) is 8.48. The molecule has 0 bridgehead atoms. The van der Waals surface area contributed by atoms with Gasteiger partial charge in [-0.25, -0.2) is 4.79 Å². The number of rotatable bonds is 5. The molecular weight excluding hydrogens is 395 g/mol. The third-order valence-electron chi connectivity index (χ3n) is 3.58. The highest BCUT2D eigenvalue weighted by Crippen LogP contribution is 2.26. The van der Waals surface area contributed by atoms with Gasteiger partial charge in [-0.3, -0.25) is 9.48 Å². The van der Waals surface area contributed by atoms with Gasteiger partial charge in [0.15, 0.2) is 6.61 Å². The standard InChI is InChI=1S/C17H14Cl2N4O4/c1-9-3-4-12(10(18)5-9)21-15(24)8-26-17(25)14-6-13(22-27-14)16-11(19)7-20-23(16)2/h3-7H,8H2,1-2H3,(H,21,24). The number of carbonyl (C=O) groups is 2. The number of aryl methyl sites for hydroxylation is 2. The van der Waals surface area contributed by atoms with Crippen molar-refractivity contribution in [1.82, 2.24) is 14.9 Å². The van der Waals surface area contributed by atoms with E-state index in [4.69, 9.17) is 32.5 Å². The van der Waals surface area contributed by atoms with Crippen molar-refractivity contribution in [2.24, 2.45) is 7.05 Å². The second kappa shape index (κ2) is 7.81. The fraction of sp³-hybridized carbons (Fsp3) is 0.176. The SMILES string of the molecule is Cc1ccc(NC(=O)COC(=O)c2cc(-c3c(Cl)cnn3C)no2)c(Cl)c1. The summed E-state index contributed by atoms with van der Waals surface area (Å²) in [7, 11) is 1.68. The van der Waals surface area contributed by atoms with Crippen LogP contribution in [0.4, 0.5) is 5.69 Å². The maximum absolute atomic E-state index is 12.0. The first-order valence-electron chi connectivity index (χ1n) is 7.73. The van der Waals surface area contributed by atoms with Crippen LogP contribution in [0.2, 0.25) is 10.0 Å². The van der Waals surface area contributed by atoms with Gasteiger partial charge in [0.2, 0.25) is 5.76 Å². The van der Waals surface area contributed by atoms with Crippen molar-refractivity contribution in [2.45, 2.75) is 6.92 Å². The molecule has 0 aliphatic heterocycles. The van der Waals surface area contributed by atoms with E-state index in [1.807, 2.05) is 6.92 Å². The zero-order valence-corrected chi connectivity index (χ0v) is 15.8. The van der Waals surface area contributed by atoms with Crippen LogP contribution in [0.5, 0.6) is 0 Å². The van der Waals surface area contributed by atoms with Crippen LogP contribution in [0.15, 0.2) is 35.0 Å². The van der Waals surface area contributed by atoms with Gasteiger partial charge in [0.05, 0.1) is 21.9 Å². The topological polar surface area (TPSA) is 99.2 Å². The summed E-state index contributed by atoms with van der Waals surface area (Å²) in [5, 5.41) is 11.1. The molecule has 1 aromatic carbocycles. The number of benzene rings is 1. The number of nitrogens with zero attached hydrogens (tertiary/aromatic N) is 3. The summed E-state index contributed by atoms with van der Waals surface area (Å²) in [6.07, 6.45) is 1.45. The van der Waals surface area contributed by atoms with Gasteiger partial charge in [-0.1, -0.05) is 34.4 Å². The molecule has 0 saturated carbocycles. The van der Waals surface area contributed by atoms with Gasteiger partial charge < -0.3 is 14.6 Å². The van der Waals surface area contributed by atoms with Crippen LogP contribution < -0.4 is 5.32 Å². The number of anilines is 1. The molecule has 0 spiro atoms. The first kappa shape index (κ1) is 18.9. The van der Waals surface area contributed by atoms with E-state index in [9.17, 15) is 9.59 Å². The second-order valence-electron chi connectivity index (χ2n) is 5.65. The van der Waals surface area contributed by atoms with Gasteiger partial charge in [0, 0.05) is 13.1 Å². The lowest BCUT2D eigenvalue weighted by molar-refractivity contribution is -0.119. The minimum absolute atomic E-state index is 0.163. The Kier molecular flexibility index (Phi) is 5.48. The number of ether oxygens (including phenoxy) is 1. The monoisotopic (exact) mass is 408 g/mol. The Bertz CT molecular complexity index is 993. The molecule has 3 rings (SSSR count). The van der Waals surface area contributed by atoms with Crippen molar-refractivity contribution in [3.05, 3.63) is 51.8 Å². The first-order chi connectivity index (χ1) is 12.8. The van der Waals surface area contributed by atoms with Crippen molar-refractivity contribution in [3.8, 4) is 11.4 Å². The quantitative estimate of drug-likeness (QED) is 0.648. The molecule has 0 atom stereocenters. The number of aromatic nitrogens is 3. The van der Waals surface area contributed by atoms with E-state index in [2.05, 4.69) is 15.6 Å². The van der Waals surface area contributed by atoms with Crippen LogP contribution in [0.1, 0.15) is 16.1 Å². The zero-order valence-electron chi connectivity index (χ0n) is 14.3. The summed E-state index contributed by atoms with van der Waals surface area (Å²) in [4.78, 5) is 24.0. The van der Waals surface area contributed by atoms with Gasteiger partial charge in [-0.2, -0.15) is 5.10 Å². The van der Waals surface area contributed by atoms with E-state index in [1.165, 1.54) is 16.9 Å². The second-order valence-corrected chi connectivity index (χ2v) is 6.46. The lowest BCUT2D eigenvalue weighted by Gasteiger charge is -2.07. The van der Waals surface area contributed by atoms with Crippen LogP contribution in [0.3, 0.4) is 0 Å². The van der Waals surface area contributed by atoms with E-state index < -0.39 is 18.5 Å². The largest absolute Gasteiger partial charge is 0.450 e. The number of hydrogen-bond acceptors (Lipinski definition) is 6. The van der Waals surface area contributed by atoms with Crippen LogP contribution in [0.25, 0.3) is 11.4 Å². The summed E-state index contributed by atoms with van der Waals surface area (Å²) in [5.41, 5.74) is 2.20. The van der Waals surface area contributed by atoms with E-state index in [0.29, 0.717) is 27.1 Å². The van der Waals surface area contributed by atoms with Gasteiger partial charge >= 0.3 is 5.97 Å². The molecule has 0 saturated heterocycles. The number of esters is 1. The number of halogens is 2. The Morgan fingerprint density at radius 1 is 1.26 bits per heavy atom.